The molecule has 0 aromatic heterocycles. The minimum absolute atomic E-state index is 0.188. The Morgan fingerprint density at radius 3 is 2.72 bits per heavy atom. The molecule has 1 unspecified atom stereocenters. The average Bonchev–Trinajstić information content (AvgIpc) is 2.66. The van der Waals surface area contributed by atoms with Crippen molar-refractivity contribution in [1.29, 1.82) is 0 Å². The molecule has 0 saturated carbocycles. The molecule has 0 amide bonds. The summed E-state index contributed by atoms with van der Waals surface area (Å²) >= 11 is 0. The second kappa shape index (κ2) is 8.88. The summed E-state index contributed by atoms with van der Waals surface area (Å²) in [6, 6.07) is 13.3. The fourth-order valence-electron chi connectivity index (χ4n) is 2.87. The minimum atomic E-state index is -0.432. The van der Waals surface area contributed by atoms with E-state index in [9.17, 15) is 8.78 Å². The van der Waals surface area contributed by atoms with Crippen LogP contribution in [0.3, 0.4) is 0 Å². The smallest absolute Gasteiger partial charge is 0.158 e. The Kier molecular flexibility index (Phi) is 6.31. The lowest BCUT2D eigenvalue weighted by Crippen LogP contribution is -2.23. The van der Waals surface area contributed by atoms with E-state index in [4.69, 9.17) is 9.47 Å². The highest BCUT2D eigenvalue weighted by Crippen LogP contribution is 2.21. The molecule has 0 aliphatic carbocycles. The highest BCUT2D eigenvalue weighted by molar-refractivity contribution is 5.66. The molecule has 25 heavy (non-hydrogen) atoms. The molecular formula is C21H22F2O2. The first-order chi connectivity index (χ1) is 12.2. The SMILES string of the molecule is Fc1ccc(F)c(CC=C(COC2CCCCO2)c2ccccc2)c1. The third-order valence-electron chi connectivity index (χ3n) is 4.28. The molecular weight excluding hydrogens is 322 g/mol. The van der Waals surface area contributed by atoms with Crippen LogP contribution in [-0.4, -0.2) is 19.5 Å². The van der Waals surface area contributed by atoms with E-state index >= 15 is 0 Å². The Morgan fingerprint density at radius 2 is 1.96 bits per heavy atom. The number of benzene rings is 2. The first-order valence-corrected chi connectivity index (χ1v) is 8.64. The number of ether oxygens (including phenoxy) is 2. The molecule has 1 atom stereocenters. The topological polar surface area (TPSA) is 18.5 Å². The molecule has 3 rings (SSSR count). The van der Waals surface area contributed by atoms with Crippen LogP contribution in [-0.2, 0) is 15.9 Å². The van der Waals surface area contributed by atoms with Gasteiger partial charge in [0.05, 0.1) is 6.61 Å². The van der Waals surface area contributed by atoms with Crippen molar-refractivity contribution in [3.05, 3.63) is 77.4 Å². The van der Waals surface area contributed by atoms with Gasteiger partial charge < -0.3 is 9.47 Å². The van der Waals surface area contributed by atoms with Crippen LogP contribution in [0.5, 0.6) is 0 Å². The largest absolute Gasteiger partial charge is 0.353 e. The first kappa shape index (κ1) is 17.8. The van der Waals surface area contributed by atoms with E-state index in [1.807, 2.05) is 36.4 Å². The summed E-state index contributed by atoms with van der Waals surface area (Å²) in [5, 5.41) is 0. The van der Waals surface area contributed by atoms with Crippen molar-refractivity contribution in [3.63, 3.8) is 0 Å². The van der Waals surface area contributed by atoms with Gasteiger partial charge in [0, 0.05) is 6.61 Å². The quantitative estimate of drug-likeness (QED) is 0.723. The van der Waals surface area contributed by atoms with Crippen molar-refractivity contribution in [3.8, 4) is 0 Å². The summed E-state index contributed by atoms with van der Waals surface area (Å²) in [5.74, 6) is -0.834. The van der Waals surface area contributed by atoms with Crippen LogP contribution in [0.25, 0.3) is 5.57 Å². The Balaban J connectivity index is 1.74. The first-order valence-electron chi connectivity index (χ1n) is 8.64. The van der Waals surface area contributed by atoms with E-state index in [1.165, 1.54) is 6.07 Å². The van der Waals surface area contributed by atoms with Crippen LogP contribution in [0, 0.1) is 11.6 Å². The highest BCUT2D eigenvalue weighted by atomic mass is 19.1. The number of hydrogen-bond acceptors (Lipinski definition) is 2. The van der Waals surface area contributed by atoms with E-state index in [-0.39, 0.29) is 6.29 Å². The van der Waals surface area contributed by atoms with Gasteiger partial charge in [0.2, 0.25) is 0 Å². The molecule has 0 spiro atoms. The standard InChI is InChI=1S/C21H22F2O2/c22-19-11-12-20(23)17(14-19)9-10-18(16-6-2-1-3-7-16)15-25-21-8-4-5-13-24-21/h1-3,6-7,10-12,14,21H,4-5,8-9,13,15H2. The fraction of sp³-hybridized carbons (Fsp3) is 0.333. The van der Waals surface area contributed by atoms with Crippen LogP contribution < -0.4 is 0 Å². The van der Waals surface area contributed by atoms with Gasteiger partial charge in [0.25, 0.3) is 0 Å². The van der Waals surface area contributed by atoms with Gasteiger partial charge in [-0.1, -0.05) is 36.4 Å². The molecule has 2 aromatic rings. The van der Waals surface area contributed by atoms with Crippen molar-refractivity contribution in [1.82, 2.24) is 0 Å². The molecule has 1 heterocycles. The lowest BCUT2D eigenvalue weighted by Gasteiger charge is -2.23. The molecule has 1 fully saturated rings. The number of rotatable bonds is 6. The molecule has 4 heteroatoms. The van der Waals surface area contributed by atoms with Gasteiger partial charge in [0.15, 0.2) is 6.29 Å². The van der Waals surface area contributed by atoms with Crippen molar-refractivity contribution in [2.24, 2.45) is 0 Å². The van der Waals surface area contributed by atoms with E-state index in [0.717, 1.165) is 49.1 Å². The highest BCUT2D eigenvalue weighted by Gasteiger charge is 2.15. The van der Waals surface area contributed by atoms with Gasteiger partial charge >= 0.3 is 0 Å². The van der Waals surface area contributed by atoms with Crippen LogP contribution in [0.2, 0.25) is 0 Å². The summed E-state index contributed by atoms with van der Waals surface area (Å²) in [4.78, 5) is 0. The van der Waals surface area contributed by atoms with Crippen LogP contribution in [0.4, 0.5) is 8.78 Å². The molecule has 2 aromatic carbocycles. The lowest BCUT2D eigenvalue weighted by molar-refractivity contribution is -0.154. The van der Waals surface area contributed by atoms with Crippen molar-refractivity contribution in [2.45, 2.75) is 32.0 Å². The van der Waals surface area contributed by atoms with Gasteiger partial charge in [-0.15, -0.1) is 0 Å². The molecule has 0 N–H and O–H groups in total. The number of allylic oxidation sites excluding steroid dienone is 1. The maximum Gasteiger partial charge on any atom is 0.158 e. The number of halogens is 2. The zero-order valence-electron chi connectivity index (χ0n) is 14.1. The second-order valence-corrected chi connectivity index (χ2v) is 6.14. The van der Waals surface area contributed by atoms with E-state index in [0.29, 0.717) is 18.6 Å². The molecule has 132 valence electrons. The number of hydrogen-bond donors (Lipinski definition) is 0. The molecule has 1 aliphatic heterocycles. The fourth-order valence-corrected chi connectivity index (χ4v) is 2.87. The van der Waals surface area contributed by atoms with Crippen LogP contribution in [0.1, 0.15) is 30.4 Å². The summed E-state index contributed by atoms with van der Waals surface area (Å²) < 4.78 is 38.7. The minimum Gasteiger partial charge on any atom is -0.353 e. The summed E-state index contributed by atoms with van der Waals surface area (Å²) in [5.41, 5.74) is 2.29. The summed E-state index contributed by atoms with van der Waals surface area (Å²) in [6.45, 7) is 1.11. The van der Waals surface area contributed by atoms with Crippen molar-refractivity contribution in [2.75, 3.05) is 13.2 Å². The normalized spacial score (nSPS) is 18.3. The van der Waals surface area contributed by atoms with Crippen molar-refractivity contribution < 1.29 is 18.3 Å². The Labute approximate surface area is 147 Å². The summed E-state index contributed by atoms with van der Waals surface area (Å²) in [6.07, 6.45) is 5.08. The third kappa shape index (κ3) is 5.21. The van der Waals surface area contributed by atoms with E-state index in [2.05, 4.69) is 0 Å². The summed E-state index contributed by atoms with van der Waals surface area (Å²) in [7, 11) is 0. The maximum absolute atomic E-state index is 13.9. The maximum atomic E-state index is 13.9. The zero-order chi connectivity index (χ0) is 17.5. The average molecular weight is 344 g/mol. The van der Waals surface area contributed by atoms with Gasteiger partial charge in [-0.2, -0.15) is 0 Å². The van der Waals surface area contributed by atoms with Gasteiger partial charge in [-0.3, -0.25) is 0 Å². The van der Waals surface area contributed by atoms with Crippen molar-refractivity contribution >= 4 is 5.57 Å². The van der Waals surface area contributed by atoms with Crippen LogP contribution in [0.15, 0.2) is 54.6 Å². The van der Waals surface area contributed by atoms with Crippen LogP contribution >= 0.6 is 0 Å². The molecule has 0 radical (unpaired) electrons. The van der Waals surface area contributed by atoms with E-state index in [1.54, 1.807) is 0 Å². The molecule has 1 saturated heterocycles. The lowest BCUT2D eigenvalue weighted by atomic mass is 10.0. The monoisotopic (exact) mass is 344 g/mol. The van der Waals surface area contributed by atoms with Gasteiger partial charge in [0.1, 0.15) is 11.6 Å². The third-order valence-corrected chi connectivity index (χ3v) is 4.28. The molecule has 2 nitrogen and oxygen atoms in total. The van der Waals surface area contributed by atoms with Gasteiger partial charge in [-0.05, 0) is 60.6 Å². The Morgan fingerprint density at radius 1 is 1.12 bits per heavy atom. The predicted molar refractivity (Wildman–Crippen MR) is 94.0 cm³/mol. The van der Waals surface area contributed by atoms with Gasteiger partial charge in [-0.25, -0.2) is 8.78 Å². The van der Waals surface area contributed by atoms with E-state index < -0.39 is 11.6 Å². The Hall–Kier alpha value is -2.04. The molecule has 0 bridgehead atoms. The predicted octanol–water partition coefficient (Wildman–Crippen LogP) is 5.13. The Bertz CT molecular complexity index is 707. The second-order valence-electron chi connectivity index (χ2n) is 6.14. The zero-order valence-corrected chi connectivity index (χ0v) is 14.1. The molecule has 1 aliphatic rings.